The molecule has 3 atom stereocenters. The zero-order valence-corrected chi connectivity index (χ0v) is 11.2. The molecule has 0 aromatic rings. The molecule has 0 aromatic carbocycles. The maximum atomic E-state index is 11.3. The highest BCUT2D eigenvalue weighted by molar-refractivity contribution is 5.59. The molecule has 0 amide bonds. The summed E-state index contributed by atoms with van der Waals surface area (Å²) in [5.41, 5.74) is -0.167. The van der Waals surface area contributed by atoms with E-state index in [-0.39, 0.29) is 5.41 Å². The van der Waals surface area contributed by atoms with Crippen molar-refractivity contribution in [2.75, 3.05) is 19.7 Å². The second kappa shape index (κ2) is 5.49. The number of fused-ring (bicyclic) bond motifs is 1. The topological polar surface area (TPSA) is 29.5 Å². The minimum absolute atomic E-state index is 0.167. The number of aldehydes is 1. The molecule has 0 radical (unpaired) electrons. The van der Waals surface area contributed by atoms with Gasteiger partial charge in [0.15, 0.2) is 0 Å². The van der Waals surface area contributed by atoms with Crippen LogP contribution in [0, 0.1) is 5.41 Å². The molecule has 1 aliphatic heterocycles. The first-order valence-corrected chi connectivity index (χ1v) is 7.00. The molecule has 3 unspecified atom stereocenters. The molecular formula is C14H25NO2. The van der Waals surface area contributed by atoms with E-state index < -0.39 is 0 Å². The van der Waals surface area contributed by atoms with Gasteiger partial charge in [0.05, 0.1) is 12.7 Å². The maximum Gasteiger partial charge on any atom is 0.127 e. The van der Waals surface area contributed by atoms with Crippen molar-refractivity contribution in [3.63, 3.8) is 0 Å². The molecule has 2 rings (SSSR count). The fourth-order valence-electron chi connectivity index (χ4n) is 3.41. The van der Waals surface area contributed by atoms with Crippen LogP contribution in [0.25, 0.3) is 0 Å². The first-order chi connectivity index (χ1) is 8.18. The van der Waals surface area contributed by atoms with Crippen molar-refractivity contribution >= 4 is 6.29 Å². The van der Waals surface area contributed by atoms with Gasteiger partial charge in [-0.25, -0.2) is 0 Å². The Morgan fingerprint density at radius 2 is 2.29 bits per heavy atom. The monoisotopic (exact) mass is 239 g/mol. The highest BCUT2D eigenvalue weighted by atomic mass is 16.5. The number of hydrogen-bond acceptors (Lipinski definition) is 3. The Hall–Kier alpha value is -0.410. The van der Waals surface area contributed by atoms with Crippen LogP contribution in [-0.2, 0) is 9.53 Å². The van der Waals surface area contributed by atoms with Crippen LogP contribution in [0.5, 0.6) is 0 Å². The van der Waals surface area contributed by atoms with E-state index in [9.17, 15) is 4.79 Å². The second-order valence-electron chi connectivity index (χ2n) is 5.90. The minimum atomic E-state index is -0.167. The van der Waals surface area contributed by atoms with Gasteiger partial charge in [0.2, 0.25) is 0 Å². The van der Waals surface area contributed by atoms with Crippen LogP contribution >= 0.6 is 0 Å². The summed E-state index contributed by atoms with van der Waals surface area (Å²) in [7, 11) is 0. The molecule has 2 aliphatic rings. The van der Waals surface area contributed by atoms with Crippen molar-refractivity contribution in [2.45, 2.75) is 58.1 Å². The van der Waals surface area contributed by atoms with Gasteiger partial charge in [0.25, 0.3) is 0 Å². The van der Waals surface area contributed by atoms with Crippen molar-refractivity contribution in [3.05, 3.63) is 0 Å². The SMILES string of the molecule is CCCC(C)(C=O)CN1CCOC2CCCC21. The lowest BCUT2D eigenvalue weighted by molar-refractivity contribution is -0.120. The van der Waals surface area contributed by atoms with Crippen molar-refractivity contribution in [2.24, 2.45) is 5.41 Å². The summed E-state index contributed by atoms with van der Waals surface area (Å²) >= 11 is 0. The minimum Gasteiger partial charge on any atom is -0.375 e. The van der Waals surface area contributed by atoms with Crippen LogP contribution in [0.1, 0.15) is 46.0 Å². The van der Waals surface area contributed by atoms with E-state index in [4.69, 9.17) is 4.74 Å². The third-order valence-electron chi connectivity index (χ3n) is 4.27. The van der Waals surface area contributed by atoms with Gasteiger partial charge in [-0.05, 0) is 25.7 Å². The molecule has 0 aromatic heterocycles. The first kappa shape index (κ1) is 13.0. The third kappa shape index (κ3) is 2.89. The van der Waals surface area contributed by atoms with Gasteiger partial charge in [-0.15, -0.1) is 0 Å². The lowest BCUT2D eigenvalue weighted by Crippen LogP contribution is -2.52. The highest BCUT2D eigenvalue weighted by Gasteiger charge is 2.38. The largest absolute Gasteiger partial charge is 0.375 e. The van der Waals surface area contributed by atoms with Gasteiger partial charge >= 0.3 is 0 Å². The van der Waals surface area contributed by atoms with Crippen LogP contribution in [0.15, 0.2) is 0 Å². The maximum absolute atomic E-state index is 11.3. The lowest BCUT2D eigenvalue weighted by Gasteiger charge is -2.41. The molecule has 1 saturated carbocycles. The summed E-state index contributed by atoms with van der Waals surface area (Å²) in [6.45, 7) is 6.99. The van der Waals surface area contributed by atoms with E-state index in [0.29, 0.717) is 12.1 Å². The van der Waals surface area contributed by atoms with E-state index >= 15 is 0 Å². The molecule has 98 valence electrons. The zero-order valence-electron chi connectivity index (χ0n) is 11.2. The standard InChI is InChI=1S/C14H25NO2/c1-3-7-14(2,11-16)10-15-8-9-17-13-6-4-5-12(13)15/h11-13H,3-10H2,1-2H3. The molecule has 1 aliphatic carbocycles. The molecule has 1 heterocycles. The summed E-state index contributed by atoms with van der Waals surface area (Å²) in [5, 5.41) is 0. The smallest absolute Gasteiger partial charge is 0.127 e. The van der Waals surface area contributed by atoms with Gasteiger partial charge in [-0.3, -0.25) is 4.90 Å². The van der Waals surface area contributed by atoms with E-state index in [1.807, 2.05) is 0 Å². The van der Waals surface area contributed by atoms with Gasteiger partial charge in [0.1, 0.15) is 6.29 Å². The normalized spacial score (nSPS) is 33.1. The van der Waals surface area contributed by atoms with Crippen LogP contribution in [0.3, 0.4) is 0 Å². The third-order valence-corrected chi connectivity index (χ3v) is 4.27. The van der Waals surface area contributed by atoms with E-state index in [2.05, 4.69) is 18.7 Å². The number of ether oxygens (including phenoxy) is 1. The Bertz CT molecular complexity index is 269. The predicted molar refractivity (Wildman–Crippen MR) is 68.0 cm³/mol. The summed E-state index contributed by atoms with van der Waals surface area (Å²) in [6.07, 6.45) is 7.38. The Morgan fingerprint density at radius 1 is 1.47 bits per heavy atom. The van der Waals surface area contributed by atoms with Crippen LogP contribution in [-0.4, -0.2) is 43.0 Å². The second-order valence-corrected chi connectivity index (χ2v) is 5.90. The Labute approximate surface area is 105 Å². The fourth-order valence-corrected chi connectivity index (χ4v) is 3.41. The Morgan fingerprint density at radius 3 is 3.00 bits per heavy atom. The summed E-state index contributed by atoms with van der Waals surface area (Å²) in [5.74, 6) is 0. The van der Waals surface area contributed by atoms with Gasteiger partial charge < -0.3 is 9.53 Å². The Balaban J connectivity index is 1.98. The number of nitrogens with zero attached hydrogens (tertiary/aromatic N) is 1. The summed E-state index contributed by atoms with van der Waals surface area (Å²) in [4.78, 5) is 13.8. The van der Waals surface area contributed by atoms with Crippen molar-refractivity contribution < 1.29 is 9.53 Å². The number of rotatable bonds is 5. The number of carbonyl (C=O) groups excluding carboxylic acids is 1. The summed E-state index contributed by atoms with van der Waals surface area (Å²) < 4.78 is 5.81. The average molecular weight is 239 g/mol. The molecule has 17 heavy (non-hydrogen) atoms. The highest BCUT2D eigenvalue weighted by Crippen LogP contribution is 2.32. The molecule has 0 spiro atoms. The number of hydrogen-bond donors (Lipinski definition) is 0. The van der Waals surface area contributed by atoms with Crippen molar-refractivity contribution in [1.29, 1.82) is 0 Å². The molecule has 0 N–H and O–H groups in total. The van der Waals surface area contributed by atoms with Crippen LogP contribution in [0.4, 0.5) is 0 Å². The average Bonchev–Trinajstić information content (AvgIpc) is 2.78. The van der Waals surface area contributed by atoms with E-state index in [0.717, 1.165) is 38.8 Å². The van der Waals surface area contributed by atoms with Crippen LogP contribution in [0.2, 0.25) is 0 Å². The molecule has 3 nitrogen and oxygen atoms in total. The van der Waals surface area contributed by atoms with E-state index in [1.54, 1.807) is 0 Å². The molecule has 2 fully saturated rings. The molecule has 0 bridgehead atoms. The molecule has 1 saturated heterocycles. The Kier molecular flexibility index (Phi) is 4.21. The number of carbonyl (C=O) groups is 1. The fraction of sp³-hybridized carbons (Fsp3) is 0.929. The van der Waals surface area contributed by atoms with Crippen LogP contribution < -0.4 is 0 Å². The van der Waals surface area contributed by atoms with Crippen molar-refractivity contribution in [1.82, 2.24) is 4.90 Å². The number of morpholine rings is 1. The molecule has 3 heteroatoms. The quantitative estimate of drug-likeness (QED) is 0.689. The molecular weight excluding hydrogens is 214 g/mol. The van der Waals surface area contributed by atoms with Gasteiger partial charge in [-0.2, -0.15) is 0 Å². The van der Waals surface area contributed by atoms with E-state index in [1.165, 1.54) is 19.3 Å². The zero-order chi connectivity index (χ0) is 12.3. The van der Waals surface area contributed by atoms with Crippen molar-refractivity contribution in [3.8, 4) is 0 Å². The predicted octanol–water partition coefficient (Wildman–Crippen LogP) is 2.25. The van der Waals surface area contributed by atoms with Gasteiger partial charge in [-0.1, -0.05) is 20.3 Å². The van der Waals surface area contributed by atoms with Gasteiger partial charge in [0, 0.05) is 24.5 Å². The lowest BCUT2D eigenvalue weighted by atomic mass is 9.86. The first-order valence-electron chi connectivity index (χ1n) is 7.00. The summed E-state index contributed by atoms with van der Waals surface area (Å²) in [6, 6.07) is 0.569.